The summed E-state index contributed by atoms with van der Waals surface area (Å²) in [5.41, 5.74) is 2.66. The van der Waals surface area contributed by atoms with Crippen molar-refractivity contribution in [2.24, 2.45) is 0 Å². The number of carbonyl (C=O) groups is 1. The van der Waals surface area contributed by atoms with Gasteiger partial charge in [-0.25, -0.2) is 0 Å². The molecule has 1 heterocycles. The van der Waals surface area contributed by atoms with Gasteiger partial charge in [-0.05, 0) is 26.3 Å². The molecule has 0 saturated heterocycles. The first-order valence-electron chi connectivity index (χ1n) is 7.00. The number of alkyl halides is 1. The van der Waals surface area contributed by atoms with Gasteiger partial charge in [0.25, 0.3) is 5.91 Å². The predicted molar refractivity (Wildman–Crippen MR) is 84.8 cm³/mol. The second-order valence-corrected chi connectivity index (χ2v) is 5.49. The molecule has 0 radical (unpaired) electrons. The first-order valence-corrected chi connectivity index (χ1v) is 7.53. The molecule has 0 bridgehead atoms. The van der Waals surface area contributed by atoms with Crippen molar-refractivity contribution in [3.63, 3.8) is 0 Å². The Morgan fingerprint density at radius 1 is 1.14 bits per heavy atom. The van der Waals surface area contributed by atoms with Crippen LogP contribution in [-0.2, 0) is 6.54 Å². The third kappa shape index (κ3) is 3.48. The zero-order chi connectivity index (χ0) is 15.4. The van der Waals surface area contributed by atoms with Gasteiger partial charge in [-0.15, -0.1) is 11.6 Å². The second-order valence-electron chi connectivity index (χ2n) is 5.12. The van der Waals surface area contributed by atoms with Crippen LogP contribution >= 0.6 is 11.6 Å². The van der Waals surface area contributed by atoms with Crippen LogP contribution in [0.15, 0.2) is 34.7 Å². The molecule has 0 N–H and O–H groups in total. The van der Waals surface area contributed by atoms with Crippen LogP contribution < -0.4 is 0 Å². The van der Waals surface area contributed by atoms with Crippen molar-refractivity contribution < 1.29 is 9.21 Å². The Morgan fingerprint density at radius 3 is 2.33 bits per heavy atom. The summed E-state index contributed by atoms with van der Waals surface area (Å²) in [6.07, 6.45) is 0. The third-order valence-corrected chi connectivity index (χ3v) is 3.80. The van der Waals surface area contributed by atoms with Gasteiger partial charge in [-0.1, -0.05) is 30.3 Å². The van der Waals surface area contributed by atoms with Gasteiger partial charge < -0.3 is 9.32 Å². The first-order chi connectivity index (χ1) is 10.0. The number of furan rings is 1. The Balaban J connectivity index is 2.27. The molecule has 0 unspecified atom stereocenters. The number of carbonyl (C=O) groups excluding carboxylic acids is 1. The van der Waals surface area contributed by atoms with Gasteiger partial charge in [-0.2, -0.15) is 0 Å². The Morgan fingerprint density at radius 2 is 1.81 bits per heavy atom. The highest BCUT2D eigenvalue weighted by Gasteiger charge is 2.23. The molecule has 2 aromatic rings. The van der Waals surface area contributed by atoms with Crippen molar-refractivity contribution in [3.8, 4) is 0 Å². The van der Waals surface area contributed by atoms with E-state index in [1.807, 2.05) is 51.1 Å². The van der Waals surface area contributed by atoms with Crippen LogP contribution in [0.2, 0.25) is 0 Å². The van der Waals surface area contributed by atoms with Crippen molar-refractivity contribution in [3.05, 3.63) is 58.5 Å². The molecule has 2 rings (SSSR count). The van der Waals surface area contributed by atoms with Crippen LogP contribution in [0.25, 0.3) is 0 Å². The van der Waals surface area contributed by atoms with E-state index in [2.05, 4.69) is 0 Å². The molecule has 3 nitrogen and oxygen atoms in total. The minimum absolute atomic E-state index is 0.0219. The summed E-state index contributed by atoms with van der Waals surface area (Å²) < 4.78 is 5.56. The van der Waals surface area contributed by atoms with Crippen LogP contribution in [0.1, 0.15) is 33.0 Å². The number of amides is 1. The van der Waals surface area contributed by atoms with Crippen molar-refractivity contribution in [1.29, 1.82) is 0 Å². The summed E-state index contributed by atoms with van der Waals surface area (Å²) >= 11 is 5.86. The maximum absolute atomic E-state index is 12.8. The monoisotopic (exact) mass is 305 g/mol. The predicted octanol–water partition coefficient (Wildman–Crippen LogP) is 4.09. The van der Waals surface area contributed by atoms with E-state index in [1.54, 1.807) is 4.90 Å². The Labute approximate surface area is 130 Å². The summed E-state index contributed by atoms with van der Waals surface area (Å²) in [7, 11) is 0. The van der Waals surface area contributed by atoms with Crippen LogP contribution in [0.5, 0.6) is 0 Å². The molecule has 0 aliphatic heterocycles. The number of rotatable bonds is 5. The van der Waals surface area contributed by atoms with Crippen molar-refractivity contribution in [2.45, 2.75) is 27.3 Å². The molecule has 0 atom stereocenters. The highest BCUT2D eigenvalue weighted by molar-refractivity contribution is 6.18. The maximum Gasteiger partial charge on any atom is 0.258 e. The summed E-state index contributed by atoms with van der Waals surface area (Å²) in [5.74, 6) is 1.85. The quantitative estimate of drug-likeness (QED) is 0.780. The summed E-state index contributed by atoms with van der Waals surface area (Å²) in [6, 6.07) is 9.92. The molecule has 21 heavy (non-hydrogen) atoms. The molecule has 0 aliphatic rings. The number of aryl methyl sites for hydroxylation is 2. The van der Waals surface area contributed by atoms with E-state index in [1.165, 1.54) is 0 Å². The molecule has 0 saturated carbocycles. The standard InChI is InChI=1S/C17H20ClNO2/c1-12-13(2)21-14(3)16(12)17(20)19(10-9-18)11-15-7-5-4-6-8-15/h4-8H,9-11H2,1-3H3. The summed E-state index contributed by atoms with van der Waals surface area (Å²) in [6.45, 7) is 6.69. The molecular formula is C17H20ClNO2. The van der Waals surface area contributed by atoms with Gasteiger partial charge in [0.15, 0.2) is 0 Å². The molecular weight excluding hydrogens is 286 g/mol. The number of hydrogen-bond acceptors (Lipinski definition) is 2. The van der Waals surface area contributed by atoms with E-state index in [0.29, 0.717) is 30.3 Å². The van der Waals surface area contributed by atoms with E-state index >= 15 is 0 Å². The maximum atomic E-state index is 12.8. The fourth-order valence-electron chi connectivity index (χ4n) is 2.42. The lowest BCUT2D eigenvalue weighted by Gasteiger charge is -2.22. The minimum Gasteiger partial charge on any atom is -0.466 e. The fraction of sp³-hybridized carbons (Fsp3) is 0.353. The molecule has 4 heteroatoms. The van der Waals surface area contributed by atoms with E-state index in [-0.39, 0.29) is 5.91 Å². The Kier molecular flexibility index (Phi) is 5.07. The Hall–Kier alpha value is -1.74. The van der Waals surface area contributed by atoms with Crippen molar-refractivity contribution in [2.75, 3.05) is 12.4 Å². The highest BCUT2D eigenvalue weighted by atomic mass is 35.5. The SMILES string of the molecule is Cc1oc(C)c(C(=O)N(CCCl)Cc2ccccc2)c1C. The number of nitrogens with zero attached hydrogens (tertiary/aromatic N) is 1. The molecule has 1 amide bonds. The number of halogens is 1. The molecule has 0 fully saturated rings. The lowest BCUT2D eigenvalue weighted by molar-refractivity contribution is 0.0751. The van der Waals surface area contributed by atoms with Gasteiger partial charge in [0.1, 0.15) is 11.5 Å². The van der Waals surface area contributed by atoms with E-state index in [0.717, 1.165) is 16.9 Å². The van der Waals surface area contributed by atoms with Crippen LogP contribution in [0, 0.1) is 20.8 Å². The third-order valence-electron chi connectivity index (χ3n) is 3.63. The van der Waals surface area contributed by atoms with Crippen LogP contribution in [0.4, 0.5) is 0 Å². The molecule has 1 aromatic carbocycles. The zero-order valence-corrected chi connectivity index (χ0v) is 13.4. The highest BCUT2D eigenvalue weighted by Crippen LogP contribution is 2.23. The lowest BCUT2D eigenvalue weighted by atomic mass is 10.1. The molecule has 112 valence electrons. The van der Waals surface area contributed by atoms with E-state index in [9.17, 15) is 4.79 Å². The average molecular weight is 306 g/mol. The Bertz CT molecular complexity index is 619. The summed E-state index contributed by atoms with van der Waals surface area (Å²) in [5, 5.41) is 0. The first kappa shape index (κ1) is 15.6. The molecule has 0 spiro atoms. The fourth-order valence-corrected chi connectivity index (χ4v) is 2.63. The van der Waals surface area contributed by atoms with Crippen molar-refractivity contribution >= 4 is 17.5 Å². The minimum atomic E-state index is -0.0219. The molecule has 0 aliphatic carbocycles. The van der Waals surface area contributed by atoms with Gasteiger partial charge in [0, 0.05) is 24.5 Å². The van der Waals surface area contributed by atoms with Crippen LogP contribution in [-0.4, -0.2) is 23.2 Å². The lowest BCUT2D eigenvalue weighted by Crippen LogP contribution is -2.32. The van der Waals surface area contributed by atoms with Crippen LogP contribution in [0.3, 0.4) is 0 Å². The summed E-state index contributed by atoms with van der Waals surface area (Å²) in [4.78, 5) is 14.6. The molecule has 1 aromatic heterocycles. The van der Waals surface area contributed by atoms with Gasteiger partial charge in [0.05, 0.1) is 5.56 Å². The number of benzene rings is 1. The topological polar surface area (TPSA) is 33.5 Å². The van der Waals surface area contributed by atoms with Gasteiger partial charge >= 0.3 is 0 Å². The number of hydrogen-bond donors (Lipinski definition) is 0. The van der Waals surface area contributed by atoms with Crippen molar-refractivity contribution in [1.82, 2.24) is 4.90 Å². The smallest absolute Gasteiger partial charge is 0.258 e. The average Bonchev–Trinajstić information content (AvgIpc) is 2.72. The van der Waals surface area contributed by atoms with Gasteiger partial charge in [0.2, 0.25) is 0 Å². The van der Waals surface area contributed by atoms with Gasteiger partial charge in [-0.3, -0.25) is 4.79 Å². The second kappa shape index (κ2) is 6.81. The van der Waals surface area contributed by atoms with E-state index in [4.69, 9.17) is 16.0 Å². The zero-order valence-electron chi connectivity index (χ0n) is 12.6. The normalized spacial score (nSPS) is 10.7. The van der Waals surface area contributed by atoms with E-state index < -0.39 is 0 Å². The largest absolute Gasteiger partial charge is 0.466 e.